The van der Waals surface area contributed by atoms with Crippen LogP contribution in [0.4, 0.5) is 0 Å². The molecule has 20 heavy (non-hydrogen) atoms. The fourth-order valence-electron chi connectivity index (χ4n) is 3.27. The Morgan fingerprint density at radius 1 is 1.10 bits per heavy atom. The zero-order valence-corrected chi connectivity index (χ0v) is 11.5. The van der Waals surface area contributed by atoms with E-state index in [0.717, 1.165) is 25.3 Å². The van der Waals surface area contributed by atoms with Crippen molar-refractivity contribution in [1.82, 2.24) is 4.98 Å². The van der Waals surface area contributed by atoms with Crippen LogP contribution < -0.4 is 0 Å². The van der Waals surface area contributed by atoms with Crippen LogP contribution in [0.5, 0.6) is 0 Å². The topological polar surface area (TPSA) is 34.5 Å². The number of pyridine rings is 1. The van der Waals surface area contributed by atoms with Crippen molar-refractivity contribution in [1.29, 1.82) is 0 Å². The molecule has 1 spiro atoms. The number of benzene rings is 1. The molecule has 1 unspecified atom stereocenters. The maximum absolute atomic E-state index is 5.58. The number of fused-ring (bicyclic) bond motifs is 1. The van der Waals surface area contributed by atoms with Crippen molar-refractivity contribution in [2.24, 2.45) is 4.99 Å². The van der Waals surface area contributed by atoms with Crippen LogP contribution in [0.25, 0.3) is 11.1 Å². The average Bonchev–Trinajstić information content (AvgIpc) is 3.01. The molecule has 0 saturated heterocycles. The van der Waals surface area contributed by atoms with Crippen LogP contribution in [-0.2, 0) is 17.6 Å². The van der Waals surface area contributed by atoms with Gasteiger partial charge in [0.2, 0.25) is 0 Å². The van der Waals surface area contributed by atoms with E-state index in [1.807, 2.05) is 19.2 Å². The molecule has 2 heterocycles. The molecule has 3 heteroatoms. The van der Waals surface area contributed by atoms with E-state index in [1.165, 1.54) is 22.3 Å². The van der Waals surface area contributed by atoms with Crippen LogP contribution in [0.1, 0.15) is 18.1 Å². The first-order valence-electron chi connectivity index (χ1n) is 6.96. The van der Waals surface area contributed by atoms with Crippen LogP contribution in [0, 0.1) is 0 Å². The molecule has 2 aliphatic rings. The molecule has 2 aromatic rings. The lowest BCUT2D eigenvalue weighted by Gasteiger charge is -2.15. The maximum Gasteiger partial charge on any atom is 0.180 e. The van der Waals surface area contributed by atoms with Crippen LogP contribution in [0.2, 0.25) is 0 Å². The van der Waals surface area contributed by atoms with Gasteiger partial charge >= 0.3 is 0 Å². The smallest absolute Gasteiger partial charge is 0.180 e. The monoisotopic (exact) mass is 264 g/mol. The lowest BCUT2D eigenvalue weighted by Crippen LogP contribution is -2.28. The predicted molar refractivity (Wildman–Crippen MR) is 78.9 cm³/mol. The molecule has 0 amide bonds. The van der Waals surface area contributed by atoms with Crippen molar-refractivity contribution >= 4 is 5.90 Å². The highest BCUT2D eigenvalue weighted by molar-refractivity contribution is 5.76. The molecule has 1 aromatic carbocycles. The molecule has 0 bridgehead atoms. The van der Waals surface area contributed by atoms with Gasteiger partial charge in [0.15, 0.2) is 5.90 Å². The summed E-state index contributed by atoms with van der Waals surface area (Å²) in [6.45, 7) is 2.66. The summed E-state index contributed by atoms with van der Waals surface area (Å²) in [7, 11) is 0. The summed E-state index contributed by atoms with van der Waals surface area (Å²) in [4.78, 5) is 8.91. The molecule has 1 aliphatic heterocycles. The summed E-state index contributed by atoms with van der Waals surface area (Å²) in [5.41, 5.74) is 5.15. The Morgan fingerprint density at radius 3 is 2.75 bits per heavy atom. The van der Waals surface area contributed by atoms with Gasteiger partial charge in [-0.2, -0.15) is 0 Å². The molecular formula is C17H16N2O. The van der Waals surface area contributed by atoms with Gasteiger partial charge in [-0.05, 0) is 28.3 Å². The van der Waals surface area contributed by atoms with E-state index in [1.54, 1.807) is 6.20 Å². The number of aliphatic imine (C=N–C) groups is 1. The van der Waals surface area contributed by atoms with Crippen molar-refractivity contribution in [3.05, 3.63) is 53.9 Å². The number of aromatic nitrogens is 1. The molecule has 0 radical (unpaired) electrons. The van der Waals surface area contributed by atoms with Crippen molar-refractivity contribution in [3.8, 4) is 11.1 Å². The Morgan fingerprint density at radius 2 is 2.00 bits per heavy atom. The first-order chi connectivity index (χ1) is 9.74. The van der Waals surface area contributed by atoms with Crippen molar-refractivity contribution in [3.63, 3.8) is 0 Å². The van der Waals surface area contributed by atoms with E-state index in [4.69, 9.17) is 9.73 Å². The van der Waals surface area contributed by atoms with Gasteiger partial charge < -0.3 is 4.74 Å². The lowest BCUT2D eigenvalue weighted by molar-refractivity contribution is 0.259. The number of rotatable bonds is 1. The van der Waals surface area contributed by atoms with Crippen LogP contribution in [0.3, 0.4) is 0 Å². The van der Waals surface area contributed by atoms with E-state index in [-0.39, 0.29) is 5.54 Å². The Balaban J connectivity index is 1.70. The number of ether oxygens (including phenoxy) is 1. The fraction of sp³-hybridized carbons (Fsp3) is 0.294. The third kappa shape index (κ3) is 1.82. The first-order valence-corrected chi connectivity index (χ1v) is 6.96. The summed E-state index contributed by atoms with van der Waals surface area (Å²) < 4.78 is 5.58. The van der Waals surface area contributed by atoms with E-state index < -0.39 is 0 Å². The molecule has 4 rings (SSSR count). The SMILES string of the molecule is CC1=NC2(CO1)Cc1ccc(-c3cccnc3)cc1C2. The number of hydrogen-bond acceptors (Lipinski definition) is 3. The minimum atomic E-state index is -0.0417. The van der Waals surface area contributed by atoms with Gasteiger partial charge in [-0.15, -0.1) is 0 Å². The summed E-state index contributed by atoms with van der Waals surface area (Å²) in [6.07, 6.45) is 5.69. The van der Waals surface area contributed by atoms with Gasteiger partial charge in [0.25, 0.3) is 0 Å². The fourth-order valence-corrected chi connectivity index (χ4v) is 3.27. The largest absolute Gasteiger partial charge is 0.479 e. The second kappa shape index (κ2) is 4.17. The summed E-state index contributed by atoms with van der Waals surface area (Å²) in [5.74, 6) is 0.824. The zero-order chi connectivity index (χ0) is 13.6. The average molecular weight is 264 g/mol. The van der Waals surface area contributed by atoms with Gasteiger partial charge in [0.1, 0.15) is 12.1 Å². The molecule has 0 saturated carbocycles. The van der Waals surface area contributed by atoms with Crippen molar-refractivity contribution in [2.45, 2.75) is 25.3 Å². The molecule has 1 aliphatic carbocycles. The Labute approximate surface area is 118 Å². The van der Waals surface area contributed by atoms with Gasteiger partial charge in [-0.25, -0.2) is 4.99 Å². The molecular weight excluding hydrogens is 248 g/mol. The van der Waals surface area contributed by atoms with Crippen LogP contribution in [-0.4, -0.2) is 23.0 Å². The zero-order valence-electron chi connectivity index (χ0n) is 11.5. The molecule has 1 atom stereocenters. The summed E-state index contributed by atoms with van der Waals surface area (Å²) in [6, 6.07) is 10.8. The Hall–Kier alpha value is -2.16. The minimum absolute atomic E-state index is 0.0417. The van der Waals surface area contributed by atoms with Crippen LogP contribution in [0.15, 0.2) is 47.7 Å². The Bertz CT molecular complexity index is 693. The van der Waals surface area contributed by atoms with Gasteiger partial charge in [0, 0.05) is 32.2 Å². The molecule has 0 N–H and O–H groups in total. The maximum atomic E-state index is 5.58. The van der Waals surface area contributed by atoms with E-state index in [0.29, 0.717) is 0 Å². The molecule has 1 aromatic heterocycles. The van der Waals surface area contributed by atoms with Gasteiger partial charge in [-0.1, -0.05) is 24.3 Å². The lowest BCUT2D eigenvalue weighted by atomic mass is 9.98. The second-order valence-corrected chi connectivity index (χ2v) is 5.72. The van der Waals surface area contributed by atoms with Crippen LogP contribution >= 0.6 is 0 Å². The Kier molecular flexibility index (Phi) is 2.43. The highest BCUT2D eigenvalue weighted by atomic mass is 16.5. The van der Waals surface area contributed by atoms with E-state index in [9.17, 15) is 0 Å². The highest BCUT2D eigenvalue weighted by Crippen LogP contribution is 2.37. The van der Waals surface area contributed by atoms with E-state index >= 15 is 0 Å². The summed E-state index contributed by atoms with van der Waals surface area (Å²) in [5, 5.41) is 0. The molecule has 0 fully saturated rings. The number of hydrogen-bond donors (Lipinski definition) is 0. The van der Waals surface area contributed by atoms with Crippen molar-refractivity contribution < 1.29 is 4.74 Å². The normalized spacial score (nSPS) is 23.6. The summed E-state index contributed by atoms with van der Waals surface area (Å²) >= 11 is 0. The third-order valence-electron chi connectivity index (χ3n) is 4.18. The van der Waals surface area contributed by atoms with Crippen molar-refractivity contribution in [2.75, 3.05) is 6.61 Å². The standard InChI is InChI=1S/C17H16N2O/c1-12-19-17(11-20-12)8-14-5-4-13(7-16(14)9-17)15-3-2-6-18-10-15/h2-7,10H,8-9,11H2,1H3. The quantitative estimate of drug-likeness (QED) is 0.793. The number of nitrogens with zero attached hydrogens (tertiary/aromatic N) is 2. The highest BCUT2D eigenvalue weighted by Gasteiger charge is 2.41. The van der Waals surface area contributed by atoms with E-state index in [2.05, 4.69) is 29.2 Å². The first kappa shape index (κ1) is 11.6. The molecule has 100 valence electrons. The predicted octanol–water partition coefficient (Wildman–Crippen LogP) is 3.03. The minimum Gasteiger partial charge on any atom is -0.479 e. The van der Waals surface area contributed by atoms with Gasteiger partial charge in [-0.3, -0.25) is 4.98 Å². The second-order valence-electron chi connectivity index (χ2n) is 5.72. The van der Waals surface area contributed by atoms with Gasteiger partial charge in [0.05, 0.1) is 0 Å². The third-order valence-corrected chi connectivity index (χ3v) is 4.18. The molecule has 3 nitrogen and oxygen atoms in total.